The fourth-order valence-electron chi connectivity index (χ4n) is 2.62. The predicted molar refractivity (Wildman–Crippen MR) is 80.8 cm³/mol. The summed E-state index contributed by atoms with van der Waals surface area (Å²) in [5, 5.41) is 3.98. The van der Waals surface area contributed by atoms with Crippen molar-refractivity contribution in [1.29, 1.82) is 0 Å². The van der Waals surface area contributed by atoms with Gasteiger partial charge in [0.05, 0.1) is 6.20 Å². The summed E-state index contributed by atoms with van der Waals surface area (Å²) < 4.78 is 29.1. The van der Waals surface area contributed by atoms with Gasteiger partial charge in [0.2, 0.25) is 10.0 Å². The molecular weight excluding hydrogens is 276 g/mol. The molecule has 0 aliphatic heterocycles. The van der Waals surface area contributed by atoms with Crippen LogP contribution in [0.2, 0.25) is 0 Å². The smallest absolute Gasteiger partial charge is 0.246 e. The maximum Gasteiger partial charge on any atom is 0.246 e. The first-order chi connectivity index (χ1) is 8.88. The number of hydrogen-bond acceptors (Lipinski definition) is 4. The van der Waals surface area contributed by atoms with Crippen LogP contribution in [-0.2, 0) is 16.6 Å². The minimum Gasteiger partial charge on any atom is -0.383 e. The SMILES string of the molecule is CCn1ncc(S(=O)(=O)NC(C)(C)CC(C)(C)C)c1N. The van der Waals surface area contributed by atoms with Gasteiger partial charge in [-0.3, -0.25) is 0 Å². The van der Waals surface area contributed by atoms with Crippen molar-refractivity contribution in [3.05, 3.63) is 6.20 Å². The van der Waals surface area contributed by atoms with Gasteiger partial charge in [-0.05, 0) is 32.6 Å². The highest BCUT2D eigenvalue weighted by Crippen LogP contribution is 2.29. The Bertz CT molecular complexity index is 568. The van der Waals surface area contributed by atoms with E-state index in [0.717, 1.165) is 0 Å². The van der Waals surface area contributed by atoms with Crippen molar-refractivity contribution in [2.24, 2.45) is 5.41 Å². The van der Waals surface area contributed by atoms with Crippen molar-refractivity contribution < 1.29 is 8.42 Å². The van der Waals surface area contributed by atoms with Gasteiger partial charge in [0, 0.05) is 12.1 Å². The van der Waals surface area contributed by atoms with Crippen LogP contribution < -0.4 is 10.5 Å². The molecule has 6 nitrogen and oxygen atoms in total. The van der Waals surface area contributed by atoms with Crippen LogP contribution >= 0.6 is 0 Å². The molecule has 0 saturated heterocycles. The van der Waals surface area contributed by atoms with Gasteiger partial charge in [-0.2, -0.15) is 5.10 Å². The van der Waals surface area contributed by atoms with Crippen LogP contribution in [0.3, 0.4) is 0 Å². The molecule has 20 heavy (non-hydrogen) atoms. The van der Waals surface area contributed by atoms with Crippen LogP contribution in [-0.4, -0.2) is 23.7 Å². The molecule has 0 aromatic carbocycles. The number of nitrogens with zero attached hydrogens (tertiary/aromatic N) is 2. The summed E-state index contributed by atoms with van der Waals surface area (Å²) in [5.74, 6) is 0.173. The molecule has 3 N–H and O–H groups in total. The van der Waals surface area contributed by atoms with Gasteiger partial charge >= 0.3 is 0 Å². The molecule has 0 radical (unpaired) electrons. The number of nitrogens with one attached hydrogen (secondary N) is 1. The average Bonchev–Trinajstić information content (AvgIpc) is 2.53. The van der Waals surface area contributed by atoms with E-state index in [1.807, 2.05) is 20.8 Å². The summed E-state index contributed by atoms with van der Waals surface area (Å²) in [6.07, 6.45) is 2.01. The van der Waals surface area contributed by atoms with Crippen molar-refractivity contribution in [2.45, 2.75) is 64.9 Å². The molecule has 1 aromatic heterocycles. The number of anilines is 1. The fourth-order valence-corrected chi connectivity index (χ4v) is 4.09. The lowest BCUT2D eigenvalue weighted by Gasteiger charge is -2.32. The monoisotopic (exact) mass is 302 g/mol. The zero-order chi connectivity index (χ0) is 15.8. The largest absolute Gasteiger partial charge is 0.383 e. The molecule has 1 heterocycles. The highest BCUT2D eigenvalue weighted by Gasteiger charge is 2.32. The second-order valence-corrected chi connectivity index (χ2v) is 8.59. The number of aromatic nitrogens is 2. The molecule has 0 bridgehead atoms. The molecule has 0 unspecified atom stereocenters. The Kier molecular flexibility index (Phi) is 4.55. The minimum absolute atomic E-state index is 0.0190. The molecule has 0 fully saturated rings. The maximum absolute atomic E-state index is 12.4. The first kappa shape index (κ1) is 17.0. The van der Waals surface area contributed by atoms with E-state index < -0.39 is 15.6 Å². The third kappa shape index (κ3) is 4.21. The number of nitrogens with two attached hydrogens (primary N) is 1. The van der Waals surface area contributed by atoms with Crippen LogP contribution in [0.15, 0.2) is 11.1 Å². The maximum atomic E-state index is 12.4. The van der Waals surface area contributed by atoms with E-state index >= 15 is 0 Å². The van der Waals surface area contributed by atoms with E-state index in [1.54, 1.807) is 0 Å². The number of aryl methyl sites for hydroxylation is 1. The van der Waals surface area contributed by atoms with Crippen LogP contribution in [0.4, 0.5) is 5.82 Å². The Balaban J connectivity index is 3.03. The summed E-state index contributed by atoms with van der Waals surface area (Å²) in [6, 6.07) is 0. The van der Waals surface area contributed by atoms with Crippen molar-refractivity contribution in [3.63, 3.8) is 0 Å². The Morgan fingerprint density at radius 2 is 1.85 bits per heavy atom. The number of rotatable bonds is 5. The average molecular weight is 302 g/mol. The summed E-state index contributed by atoms with van der Waals surface area (Å²) in [7, 11) is -3.67. The van der Waals surface area contributed by atoms with Gasteiger partial charge in [-0.15, -0.1) is 0 Å². The molecule has 0 saturated carbocycles. The molecule has 116 valence electrons. The van der Waals surface area contributed by atoms with Crippen molar-refractivity contribution in [1.82, 2.24) is 14.5 Å². The highest BCUT2D eigenvalue weighted by atomic mass is 32.2. The summed E-state index contributed by atoms with van der Waals surface area (Å²) in [4.78, 5) is 0.0429. The van der Waals surface area contributed by atoms with Crippen LogP contribution in [0, 0.1) is 5.41 Å². The number of nitrogen functional groups attached to an aromatic ring is 1. The number of sulfonamides is 1. The molecule has 0 aliphatic carbocycles. The molecule has 0 aliphatic rings. The molecule has 0 spiro atoms. The summed E-state index contributed by atoms with van der Waals surface area (Å²) in [6.45, 7) is 12.4. The quantitative estimate of drug-likeness (QED) is 0.870. The summed E-state index contributed by atoms with van der Waals surface area (Å²) >= 11 is 0. The van der Waals surface area contributed by atoms with E-state index in [2.05, 4.69) is 30.6 Å². The van der Waals surface area contributed by atoms with E-state index in [-0.39, 0.29) is 16.1 Å². The highest BCUT2D eigenvalue weighted by molar-refractivity contribution is 7.89. The first-order valence-electron chi connectivity index (χ1n) is 6.73. The summed E-state index contributed by atoms with van der Waals surface area (Å²) in [5.41, 5.74) is 5.29. The minimum atomic E-state index is -3.67. The second kappa shape index (κ2) is 5.37. The lowest BCUT2D eigenvalue weighted by atomic mass is 9.82. The van der Waals surface area contributed by atoms with Crippen molar-refractivity contribution >= 4 is 15.8 Å². The van der Waals surface area contributed by atoms with Crippen molar-refractivity contribution in [2.75, 3.05) is 5.73 Å². The molecule has 1 aromatic rings. The van der Waals surface area contributed by atoms with Crippen molar-refractivity contribution in [3.8, 4) is 0 Å². The fraction of sp³-hybridized carbons (Fsp3) is 0.769. The van der Waals surface area contributed by atoms with Crippen LogP contribution in [0.25, 0.3) is 0 Å². The van der Waals surface area contributed by atoms with Gasteiger partial charge in [0.25, 0.3) is 0 Å². The Morgan fingerprint density at radius 1 is 1.30 bits per heavy atom. The lowest BCUT2D eigenvalue weighted by molar-refractivity contribution is 0.269. The predicted octanol–water partition coefficient (Wildman–Crippen LogP) is 1.98. The topological polar surface area (TPSA) is 90.0 Å². The zero-order valence-electron chi connectivity index (χ0n) is 13.2. The van der Waals surface area contributed by atoms with E-state index in [4.69, 9.17) is 5.73 Å². The van der Waals surface area contributed by atoms with Gasteiger partial charge in [-0.1, -0.05) is 20.8 Å². The lowest BCUT2D eigenvalue weighted by Crippen LogP contribution is -2.45. The van der Waals surface area contributed by atoms with Gasteiger partial charge in [-0.25, -0.2) is 17.8 Å². The van der Waals surface area contributed by atoms with E-state index in [1.165, 1.54) is 10.9 Å². The Labute approximate surface area is 121 Å². The van der Waals surface area contributed by atoms with E-state index in [0.29, 0.717) is 13.0 Å². The van der Waals surface area contributed by atoms with Crippen LogP contribution in [0.5, 0.6) is 0 Å². The molecular formula is C13H26N4O2S. The standard InChI is InChI=1S/C13H26N4O2S/c1-7-17-11(14)10(8-15-17)20(18,19)16-13(5,6)9-12(2,3)4/h8,16H,7,9,14H2,1-6H3. The second-order valence-electron chi connectivity index (χ2n) is 6.94. The number of hydrogen-bond donors (Lipinski definition) is 2. The van der Waals surface area contributed by atoms with Gasteiger partial charge < -0.3 is 5.73 Å². The first-order valence-corrected chi connectivity index (χ1v) is 8.21. The Morgan fingerprint density at radius 3 is 2.25 bits per heavy atom. The van der Waals surface area contributed by atoms with Gasteiger partial charge in [0.15, 0.2) is 0 Å². The molecule has 1 rings (SSSR count). The van der Waals surface area contributed by atoms with E-state index in [9.17, 15) is 8.42 Å². The van der Waals surface area contributed by atoms with Gasteiger partial charge in [0.1, 0.15) is 10.7 Å². The molecule has 0 atom stereocenters. The van der Waals surface area contributed by atoms with Crippen LogP contribution in [0.1, 0.15) is 48.0 Å². The third-order valence-corrected chi connectivity index (χ3v) is 4.53. The third-order valence-electron chi connectivity index (χ3n) is 2.82. The molecule has 0 amide bonds. The zero-order valence-corrected chi connectivity index (χ0v) is 14.0. The molecule has 7 heteroatoms. The normalized spacial score (nSPS) is 13.7. The Hall–Kier alpha value is -1.08.